The van der Waals surface area contributed by atoms with Crippen LogP contribution in [0.3, 0.4) is 0 Å². The number of nitrogens with two attached hydrogens (primary N) is 2. The van der Waals surface area contributed by atoms with Gasteiger partial charge in [0.1, 0.15) is 0 Å². The minimum absolute atomic E-state index is 0.0255. The monoisotopic (exact) mass is 604 g/mol. The van der Waals surface area contributed by atoms with Crippen molar-refractivity contribution in [3.63, 3.8) is 0 Å². The van der Waals surface area contributed by atoms with Crippen molar-refractivity contribution in [1.82, 2.24) is 0 Å². The molecule has 6 N–H and O–H groups in total. The molecule has 0 aromatic heterocycles. The van der Waals surface area contributed by atoms with Crippen molar-refractivity contribution in [1.29, 1.82) is 0 Å². The van der Waals surface area contributed by atoms with E-state index in [4.69, 9.17) is 10.3 Å². The highest BCUT2D eigenvalue weighted by Gasteiger charge is 2.33. The van der Waals surface area contributed by atoms with Gasteiger partial charge in [-0.25, -0.2) is 27.1 Å². The largest absolute Gasteiger partial charge is 0.384 e. The SMILES string of the molecule is NS(=O)(=O)c1ccccc1CCNc1ccc(NCCc2ccccc2S(N)(=O)=O)c2c1C(=O)c1ccccc1C2=O. The van der Waals surface area contributed by atoms with Gasteiger partial charge in [0.2, 0.25) is 20.0 Å². The molecule has 5 rings (SSSR count). The van der Waals surface area contributed by atoms with Crippen LogP contribution in [0.25, 0.3) is 0 Å². The average molecular weight is 605 g/mol. The molecule has 0 radical (unpaired) electrons. The molecule has 0 saturated carbocycles. The highest BCUT2D eigenvalue weighted by atomic mass is 32.2. The number of sulfonamides is 2. The van der Waals surface area contributed by atoms with Crippen molar-refractivity contribution in [2.24, 2.45) is 10.3 Å². The van der Waals surface area contributed by atoms with Crippen LogP contribution in [0.2, 0.25) is 0 Å². The molecule has 0 fully saturated rings. The van der Waals surface area contributed by atoms with Gasteiger partial charge in [-0.05, 0) is 48.2 Å². The first kappa shape index (κ1) is 29.1. The Morgan fingerprint density at radius 3 is 1.26 bits per heavy atom. The number of benzene rings is 4. The molecule has 0 bridgehead atoms. The highest BCUT2D eigenvalue weighted by molar-refractivity contribution is 7.89. The lowest BCUT2D eigenvalue weighted by Crippen LogP contribution is -2.25. The fraction of sp³-hybridized carbons (Fsp3) is 0.133. The third-order valence-electron chi connectivity index (χ3n) is 7.05. The van der Waals surface area contributed by atoms with Crippen LogP contribution in [0.1, 0.15) is 43.0 Å². The molecular formula is C30H28N4O6S2. The molecule has 4 aromatic carbocycles. The lowest BCUT2D eigenvalue weighted by molar-refractivity contribution is 0.0980. The fourth-order valence-corrected chi connectivity index (χ4v) is 6.76. The first-order chi connectivity index (χ1) is 20.0. The van der Waals surface area contributed by atoms with E-state index in [2.05, 4.69) is 10.6 Å². The number of fused-ring (bicyclic) bond motifs is 2. The smallest absolute Gasteiger partial charge is 0.238 e. The van der Waals surface area contributed by atoms with Gasteiger partial charge in [-0.15, -0.1) is 0 Å². The number of anilines is 2. The molecule has 42 heavy (non-hydrogen) atoms. The molecule has 12 heteroatoms. The maximum Gasteiger partial charge on any atom is 0.238 e. The molecule has 0 atom stereocenters. The number of hydrogen-bond acceptors (Lipinski definition) is 8. The topological polar surface area (TPSA) is 179 Å². The van der Waals surface area contributed by atoms with Crippen LogP contribution >= 0.6 is 0 Å². The van der Waals surface area contributed by atoms with Crippen molar-refractivity contribution in [2.75, 3.05) is 23.7 Å². The van der Waals surface area contributed by atoms with Crippen molar-refractivity contribution < 1.29 is 26.4 Å². The van der Waals surface area contributed by atoms with E-state index in [0.717, 1.165) is 0 Å². The number of carbonyl (C=O) groups is 2. The lowest BCUT2D eigenvalue weighted by Gasteiger charge is -2.24. The normalized spacial score (nSPS) is 12.9. The summed E-state index contributed by atoms with van der Waals surface area (Å²) in [6, 6.07) is 22.8. The maximum absolute atomic E-state index is 13.7. The quantitative estimate of drug-likeness (QED) is 0.188. The third-order valence-corrected chi connectivity index (χ3v) is 9.08. The van der Waals surface area contributed by atoms with E-state index in [-0.39, 0.29) is 56.7 Å². The maximum atomic E-state index is 13.7. The number of rotatable bonds is 10. The summed E-state index contributed by atoms with van der Waals surface area (Å²) < 4.78 is 48.0. The molecule has 0 amide bonds. The van der Waals surface area contributed by atoms with Gasteiger partial charge in [0.25, 0.3) is 0 Å². The van der Waals surface area contributed by atoms with E-state index in [1.54, 1.807) is 72.8 Å². The van der Waals surface area contributed by atoms with Crippen LogP contribution in [0.4, 0.5) is 11.4 Å². The molecule has 0 spiro atoms. The number of ketones is 2. The summed E-state index contributed by atoms with van der Waals surface area (Å²) in [6.45, 7) is 0.526. The van der Waals surface area contributed by atoms with Gasteiger partial charge in [0.05, 0.1) is 20.9 Å². The minimum atomic E-state index is -3.91. The number of nitrogens with one attached hydrogen (secondary N) is 2. The van der Waals surface area contributed by atoms with Crippen LogP contribution < -0.4 is 20.9 Å². The Hall–Kier alpha value is -4.36. The van der Waals surface area contributed by atoms with Crippen LogP contribution in [-0.2, 0) is 32.9 Å². The molecule has 0 aliphatic heterocycles. The predicted molar refractivity (Wildman–Crippen MR) is 160 cm³/mol. The first-order valence-corrected chi connectivity index (χ1v) is 16.1. The minimum Gasteiger partial charge on any atom is -0.384 e. The van der Waals surface area contributed by atoms with Crippen molar-refractivity contribution in [3.05, 3.63) is 118 Å². The van der Waals surface area contributed by atoms with Gasteiger partial charge in [0.15, 0.2) is 11.6 Å². The van der Waals surface area contributed by atoms with Crippen LogP contribution in [-0.4, -0.2) is 41.5 Å². The Balaban J connectivity index is 1.45. The van der Waals surface area contributed by atoms with E-state index in [1.165, 1.54) is 12.1 Å². The van der Waals surface area contributed by atoms with Gasteiger partial charge in [-0.3, -0.25) is 9.59 Å². The summed E-state index contributed by atoms with van der Waals surface area (Å²) in [5, 5.41) is 17.1. The molecule has 0 unspecified atom stereocenters. The first-order valence-electron chi connectivity index (χ1n) is 13.0. The lowest BCUT2D eigenvalue weighted by atomic mass is 9.82. The highest BCUT2D eigenvalue weighted by Crippen LogP contribution is 2.36. The van der Waals surface area contributed by atoms with Crippen LogP contribution in [0.5, 0.6) is 0 Å². The van der Waals surface area contributed by atoms with Crippen LogP contribution in [0.15, 0.2) is 94.7 Å². The summed E-state index contributed by atoms with van der Waals surface area (Å²) in [4.78, 5) is 27.4. The zero-order valence-corrected chi connectivity index (χ0v) is 24.0. The van der Waals surface area contributed by atoms with Crippen LogP contribution in [0, 0.1) is 0 Å². The number of carbonyl (C=O) groups excluding carboxylic acids is 2. The summed E-state index contributed by atoms with van der Waals surface area (Å²) in [6.07, 6.45) is 0.590. The molecule has 0 saturated heterocycles. The van der Waals surface area contributed by atoms with Gasteiger partial charge in [-0.2, -0.15) is 0 Å². The summed E-state index contributed by atoms with van der Waals surface area (Å²) in [5.74, 6) is -0.647. The van der Waals surface area contributed by atoms with Gasteiger partial charge in [0, 0.05) is 35.6 Å². The predicted octanol–water partition coefficient (Wildman–Crippen LogP) is 3.07. The zero-order chi connectivity index (χ0) is 30.1. The molecule has 1 aliphatic carbocycles. The Morgan fingerprint density at radius 2 is 0.881 bits per heavy atom. The second kappa shape index (κ2) is 11.5. The second-order valence-corrected chi connectivity index (χ2v) is 12.8. The Morgan fingerprint density at radius 1 is 0.524 bits per heavy atom. The molecule has 0 heterocycles. The molecular weight excluding hydrogens is 576 g/mol. The van der Waals surface area contributed by atoms with E-state index in [1.807, 2.05) is 0 Å². The van der Waals surface area contributed by atoms with Crippen molar-refractivity contribution in [3.8, 4) is 0 Å². The van der Waals surface area contributed by atoms with Gasteiger partial charge < -0.3 is 10.6 Å². The third kappa shape index (κ3) is 5.83. The standard InChI is InChI=1S/C30H28N4O6S2/c31-41(37,38)25-11-5-1-7-19(25)15-17-33-23-13-14-24(34-18-16-20-8-2-6-12-26(20)42(32,39)40)28-27(23)29(35)21-9-3-4-10-22(21)30(28)36/h1-14,33-34H,15-18H2,(H2,31,37,38)(H2,32,39,40). The summed E-state index contributed by atoms with van der Waals surface area (Å²) in [7, 11) is -7.83. The molecule has 10 nitrogen and oxygen atoms in total. The zero-order valence-electron chi connectivity index (χ0n) is 22.3. The number of hydrogen-bond donors (Lipinski definition) is 4. The van der Waals surface area contributed by atoms with Gasteiger partial charge in [-0.1, -0.05) is 60.7 Å². The molecule has 1 aliphatic rings. The number of primary sulfonamides is 2. The molecule has 4 aromatic rings. The second-order valence-electron chi connectivity index (χ2n) is 9.77. The van der Waals surface area contributed by atoms with Gasteiger partial charge >= 0.3 is 0 Å². The fourth-order valence-electron chi connectivity index (χ4n) is 5.16. The Kier molecular flexibility index (Phi) is 7.97. The van der Waals surface area contributed by atoms with E-state index >= 15 is 0 Å². The van der Waals surface area contributed by atoms with E-state index in [9.17, 15) is 26.4 Å². The summed E-state index contributed by atoms with van der Waals surface area (Å²) in [5.41, 5.74) is 2.88. The Bertz CT molecular complexity index is 1800. The van der Waals surface area contributed by atoms with E-state index in [0.29, 0.717) is 35.3 Å². The van der Waals surface area contributed by atoms with E-state index < -0.39 is 20.0 Å². The average Bonchev–Trinajstić information content (AvgIpc) is 2.95. The molecule has 216 valence electrons. The Labute approximate surface area is 243 Å². The van der Waals surface area contributed by atoms with Crippen molar-refractivity contribution in [2.45, 2.75) is 22.6 Å². The summed E-state index contributed by atoms with van der Waals surface area (Å²) >= 11 is 0. The van der Waals surface area contributed by atoms with Crippen molar-refractivity contribution >= 4 is 43.0 Å².